The van der Waals surface area contributed by atoms with E-state index in [0.717, 1.165) is 24.3 Å². The van der Waals surface area contributed by atoms with Crippen LogP contribution in [0.2, 0.25) is 0 Å². The lowest BCUT2D eigenvalue weighted by atomic mass is 9.79. The lowest BCUT2D eigenvalue weighted by molar-refractivity contribution is -0.149. The molecule has 0 fully saturated rings. The van der Waals surface area contributed by atoms with Crippen LogP contribution < -0.4 is 10.6 Å². The number of carboxylic acid groups (broad SMARTS) is 1. The lowest BCUT2D eigenvalue weighted by Gasteiger charge is -2.36. The number of aromatic nitrogens is 1. The molecule has 0 radical (unpaired) electrons. The molecule has 12 heteroatoms. The number of aromatic amines is 1. The van der Waals surface area contributed by atoms with E-state index in [1.165, 1.54) is 12.1 Å². The summed E-state index contributed by atoms with van der Waals surface area (Å²) in [6.45, 7) is 3.40. The molecule has 0 spiro atoms. The standard InChI is InChI=1S/C28H28F5N3O4/c1-3-14(2)23(35-22(37)12-16-19(29)8-5-9-20(16)30)25(38)36-27(26(39)40)11-10-21-17(13-27)15-6-4-7-18(24(15)34-21)28(31,32)33/h4-9,14,23,34H,3,10-13H2,1-2H3,(H,35,37)(H,36,38)(H,39,40)/t14?,23?,27-/m1/s1. The number of alkyl halides is 3. The van der Waals surface area contributed by atoms with Crippen LogP contribution in [0.1, 0.15) is 49.1 Å². The number of benzene rings is 2. The molecule has 0 saturated heterocycles. The van der Waals surface area contributed by atoms with Gasteiger partial charge in [-0.25, -0.2) is 13.6 Å². The second-order valence-corrected chi connectivity index (χ2v) is 10.2. The minimum absolute atomic E-state index is 0.0564. The van der Waals surface area contributed by atoms with Gasteiger partial charge in [0, 0.05) is 23.1 Å². The maximum Gasteiger partial charge on any atom is 0.418 e. The number of hydrogen-bond acceptors (Lipinski definition) is 3. The van der Waals surface area contributed by atoms with Gasteiger partial charge in [0.2, 0.25) is 11.8 Å². The van der Waals surface area contributed by atoms with Crippen molar-refractivity contribution in [2.24, 2.45) is 5.92 Å². The van der Waals surface area contributed by atoms with Gasteiger partial charge in [-0.3, -0.25) is 9.59 Å². The summed E-state index contributed by atoms with van der Waals surface area (Å²) in [6.07, 6.45) is -5.25. The van der Waals surface area contributed by atoms with Crippen molar-refractivity contribution in [3.63, 3.8) is 0 Å². The van der Waals surface area contributed by atoms with Crippen LogP contribution in [0.3, 0.4) is 0 Å². The van der Waals surface area contributed by atoms with Crippen molar-refractivity contribution in [2.45, 2.75) is 63.7 Å². The Labute approximate surface area is 226 Å². The molecule has 7 nitrogen and oxygen atoms in total. The quantitative estimate of drug-likeness (QED) is 0.298. The third kappa shape index (κ3) is 5.52. The summed E-state index contributed by atoms with van der Waals surface area (Å²) in [5, 5.41) is 15.4. The minimum Gasteiger partial charge on any atom is -0.479 e. The van der Waals surface area contributed by atoms with Crippen LogP contribution in [-0.2, 0) is 39.8 Å². The predicted molar refractivity (Wildman–Crippen MR) is 135 cm³/mol. The highest BCUT2D eigenvalue weighted by molar-refractivity contribution is 5.95. The number of hydrogen-bond donors (Lipinski definition) is 4. The highest BCUT2D eigenvalue weighted by atomic mass is 19.4. The van der Waals surface area contributed by atoms with E-state index in [4.69, 9.17) is 0 Å². The fraction of sp³-hybridized carbons (Fsp3) is 0.393. The van der Waals surface area contributed by atoms with E-state index in [2.05, 4.69) is 15.6 Å². The summed E-state index contributed by atoms with van der Waals surface area (Å²) in [4.78, 5) is 41.5. The van der Waals surface area contributed by atoms with E-state index < -0.39 is 70.6 Å². The van der Waals surface area contributed by atoms with Gasteiger partial charge in [0.05, 0.1) is 17.5 Å². The van der Waals surface area contributed by atoms with Crippen LogP contribution in [0.25, 0.3) is 10.9 Å². The normalized spacial score (nSPS) is 18.6. The first kappa shape index (κ1) is 29.0. The van der Waals surface area contributed by atoms with Crippen LogP contribution in [0.5, 0.6) is 0 Å². The molecule has 3 aromatic rings. The summed E-state index contributed by atoms with van der Waals surface area (Å²) in [7, 11) is 0. The molecule has 2 aromatic carbocycles. The highest BCUT2D eigenvalue weighted by Crippen LogP contribution is 2.40. The van der Waals surface area contributed by atoms with Crippen LogP contribution in [-0.4, -0.2) is 39.5 Å². The molecule has 3 atom stereocenters. The molecule has 1 aliphatic carbocycles. The summed E-state index contributed by atoms with van der Waals surface area (Å²) in [6, 6.07) is 5.56. The fourth-order valence-corrected chi connectivity index (χ4v) is 5.15. The second-order valence-electron chi connectivity index (χ2n) is 10.2. The van der Waals surface area contributed by atoms with Crippen molar-refractivity contribution in [2.75, 3.05) is 0 Å². The Kier molecular flexibility index (Phi) is 7.91. The van der Waals surface area contributed by atoms with E-state index in [1.54, 1.807) is 13.8 Å². The highest BCUT2D eigenvalue weighted by Gasteiger charge is 2.46. The molecular weight excluding hydrogens is 537 g/mol. The van der Waals surface area contributed by atoms with Crippen LogP contribution >= 0.6 is 0 Å². The predicted octanol–water partition coefficient (Wildman–Crippen LogP) is 4.67. The van der Waals surface area contributed by atoms with E-state index >= 15 is 0 Å². The van der Waals surface area contributed by atoms with Crippen molar-refractivity contribution < 1.29 is 41.4 Å². The van der Waals surface area contributed by atoms with Crippen molar-refractivity contribution >= 4 is 28.7 Å². The zero-order valence-corrected chi connectivity index (χ0v) is 21.7. The van der Waals surface area contributed by atoms with Gasteiger partial charge < -0.3 is 20.7 Å². The zero-order valence-electron chi connectivity index (χ0n) is 21.7. The number of nitrogens with one attached hydrogen (secondary N) is 3. The van der Waals surface area contributed by atoms with Crippen LogP contribution in [0.4, 0.5) is 22.0 Å². The van der Waals surface area contributed by atoms with E-state index in [9.17, 15) is 41.4 Å². The fourth-order valence-electron chi connectivity index (χ4n) is 5.15. The Hall–Kier alpha value is -3.96. The number of aliphatic carboxylic acids is 1. The van der Waals surface area contributed by atoms with Gasteiger partial charge in [-0.1, -0.05) is 38.5 Å². The molecule has 0 bridgehead atoms. The number of amides is 2. The molecule has 2 amide bonds. The first-order valence-electron chi connectivity index (χ1n) is 12.7. The largest absolute Gasteiger partial charge is 0.479 e. The topological polar surface area (TPSA) is 111 Å². The number of aryl methyl sites for hydroxylation is 1. The molecule has 1 heterocycles. The third-order valence-electron chi connectivity index (χ3n) is 7.60. The zero-order chi connectivity index (χ0) is 29.4. The second kappa shape index (κ2) is 10.9. The summed E-state index contributed by atoms with van der Waals surface area (Å²) in [5.41, 5.74) is -2.55. The van der Waals surface area contributed by atoms with E-state index in [-0.39, 0.29) is 30.2 Å². The molecule has 4 N–H and O–H groups in total. The Bertz CT molecular complexity index is 1450. The molecule has 2 unspecified atom stereocenters. The van der Waals surface area contributed by atoms with Crippen molar-refractivity contribution in [3.05, 3.63) is 70.4 Å². The van der Waals surface area contributed by atoms with Crippen LogP contribution in [0.15, 0.2) is 36.4 Å². The Morgan fingerprint density at radius 3 is 2.35 bits per heavy atom. The lowest BCUT2D eigenvalue weighted by Crippen LogP contribution is -2.62. The Morgan fingerprint density at radius 1 is 1.10 bits per heavy atom. The summed E-state index contributed by atoms with van der Waals surface area (Å²) in [5.74, 6) is -5.36. The number of carbonyl (C=O) groups excluding carboxylic acids is 2. The first-order valence-corrected chi connectivity index (χ1v) is 12.7. The van der Waals surface area contributed by atoms with Gasteiger partial charge in [-0.15, -0.1) is 0 Å². The van der Waals surface area contributed by atoms with E-state index in [0.29, 0.717) is 17.7 Å². The van der Waals surface area contributed by atoms with Gasteiger partial charge in [0.1, 0.15) is 23.2 Å². The molecule has 0 aliphatic heterocycles. The van der Waals surface area contributed by atoms with Gasteiger partial charge in [0.25, 0.3) is 0 Å². The number of halogens is 5. The van der Waals surface area contributed by atoms with Gasteiger partial charge in [0.15, 0.2) is 0 Å². The molecule has 1 aliphatic rings. The minimum atomic E-state index is -4.63. The molecule has 40 heavy (non-hydrogen) atoms. The van der Waals surface area contributed by atoms with Crippen molar-refractivity contribution in [3.8, 4) is 0 Å². The van der Waals surface area contributed by atoms with Crippen molar-refractivity contribution in [1.82, 2.24) is 15.6 Å². The maximum atomic E-state index is 14.0. The molecular formula is C28H28F5N3O4. The van der Waals surface area contributed by atoms with Gasteiger partial charge in [-0.2, -0.15) is 13.2 Å². The number of fused-ring (bicyclic) bond motifs is 3. The van der Waals surface area contributed by atoms with Gasteiger partial charge >= 0.3 is 12.1 Å². The Balaban J connectivity index is 1.61. The number of carbonyl (C=O) groups is 3. The number of para-hydroxylation sites is 1. The third-order valence-corrected chi connectivity index (χ3v) is 7.60. The average molecular weight is 566 g/mol. The maximum absolute atomic E-state index is 14.0. The molecule has 214 valence electrons. The average Bonchev–Trinajstić information content (AvgIpc) is 3.26. The molecule has 0 saturated carbocycles. The Morgan fingerprint density at radius 2 is 1.75 bits per heavy atom. The number of carboxylic acids is 1. The number of H-pyrrole nitrogens is 1. The first-order chi connectivity index (χ1) is 18.8. The SMILES string of the molecule is CCC(C)C(NC(=O)Cc1c(F)cccc1F)C(=O)N[C@]1(C(=O)O)CCc2[nH]c3c(C(F)(F)F)cccc3c2C1. The number of rotatable bonds is 8. The summed E-state index contributed by atoms with van der Waals surface area (Å²) >= 11 is 0. The smallest absolute Gasteiger partial charge is 0.418 e. The van der Waals surface area contributed by atoms with E-state index in [1.807, 2.05) is 0 Å². The molecule has 1 aromatic heterocycles. The molecule has 4 rings (SSSR count). The van der Waals surface area contributed by atoms with Crippen LogP contribution in [0, 0.1) is 17.6 Å². The monoisotopic (exact) mass is 565 g/mol. The van der Waals surface area contributed by atoms with Gasteiger partial charge in [-0.05, 0) is 42.5 Å². The van der Waals surface area contributed by atoms with Crippen molar-refractivity contribution in [1.29, 1.82) is 0 Å². The summed E-state index contributed by atoms with van der Waals surface area (Å²) < 4.78 is 68.8.